The van der Waals surface area contributed by atoms with Crippen LogP contribution >= 0.6 is 0 Å². The van der Waals surface area contributed by atoms with E-state index in [4.69, 9.17) is 5.73 Å². The van der Waals surface area contributed by atoms with Gasteiger partial charge in [-0.25, -0.2) is 0 Å². The third kappa shape index (κ3) is 4.82. The SMILES string of the molecule is C[N+]1=C(/C=C/C=C/C=C2\N(CCCCCC(N)=O)c3ccccc3C2(C)C)C(C)(C)c2ccccc21. The molecule has 0 atom stereocenters. The molecule has 2 aliphatic rings. The van der Waals surface area contributed by atoms with Gasteiger partial charge in [0.2, 0.25) is 11.6 Å². The maximum Gasteiger partial charge on any atom is 0.217 e. The van der Waals surface area contributed by atoms with Gasteiger partial charge in [0.1, 0.15) is 7.05 Å². The van der Waals surface area contributed by atoms with Crippen molar-refractivity contribution in [1.82, 2.24) is 0 Å². The summed E-state index contributed by atoms with van der Waals surface area (Å²) in [7, 11) is 2.15. The molecule has 4 nitrogen and oxygen atoms in total. The fourth-order valence-corrected chi connectivity index (χ4v) is 5.79. The normalized spacial score (nSPS) is 19.0. The number of allylic oxidation sites excluding steroid dienone is 6. The number of nitrogens with two attached hydrogens (primary N) is 1. The number of hydrogen-bond acceptors (Lipinski definition) is 2. The maximum absolute atomic E-state index is 11.1. The molecule has 188 valence electrons. The van der Waals surface area contributed by atoms with Crippen molar-refractivity contribution < 1.29 is 9.37 Å². The third-order valence-corrected chi connectivity index (χ3v) is 7.78. The second-order valence-electron chi connectivity index (χ2n) is 11.0. The van der Waals surface area contributed by atoms with Crippen molar-refractivity contribution in [1.29, 1.82) is 0 Å². The van der Waals surface area contributed by atoms with Crippen LogP contribution < -0.4 is 10.6 Å². The summed E-state index contributed by atoms with van der Waals surface area (Å²) in [5, 5.41) is 0. The maximum atomic E-state index is 11.1. The summed E-state index contributed by atoms with van der Waals surface area (Å²) in [5.74, 6) is -0.212. The average molecular weight is 483 g/mol. The van der Waals surface area contributed by atoms with Crippen LogP contribution in [0.15, 0.2) is 84.6 Å². The van der Waals surface area contributed by atoms with Gasteiger partial charge in [-0.3, -0.25) is 4.79 Å². The Hall–Kier alpha value is -3.40. The molecule has 0 saturated heterocycles. The molecule has 2 N–H and O–H groups in total. The van der Waals surface area contributed by atoms with Crippen molar-refractivity contribution in [2.45, 2.75) is 64.2 Å². The Balaban J connectivity index is 1.52. The number of fused-ring (bicyclic) bond motifs is 2. The van der Waals surface area contributed by atoms with Gasteiger partial charge < -0.3 is 10.6 Å². The van der Waals surface area contributed by atoms with Crippen LogP contribution in [0.1, 0.15) is 64.5 Å². The molecule has 0 aromatic heterocycles. The zero-order valence-corrected chi connectivity index (χ0v) is 22.4. The second-order valence-corrected chi connectivity index (χ2v) is 11.0. The quantitative estimate of drug-likeness (QED) is 0.251. The predicted molar refractivity (Wildman–Crippen MR) is 151 cm³/mol. The third-order valence-electron chi connectivity index (χ3n) is 7.78. The van der Waals surface area contributed by atoms with Gasteiger partial charge in [-0.1, -0.05) is 74.9 Å². The van der Waals surface area contributed by atoms with E-state index in [0.29, 0.717) is 6.42 Å². The molecule has 0 bridgehead atoms. The summed E-state index contributed by atoms with van der Waals surface area (Å²) in [4.78, 5) is 13.5. The number of carbonyl (C=O) groups excluding carboxylic acids is 1. The van der Waals surface area contributed by atoms with E-state index in [9.17, 15) is 4.79 Å². The van der Waals surface area contributed by atoms with Crippen LogP contribution in [0.4, 0.5) is 11.4 Å². The van der Waals surface area contributed by atoms with Gasteiger partial charge in [0.15, 0.2) is 5.71 Å². The summed E-state index contributed by atoms with van der Waals surface area (Å²) >= 11 is 0. The monoisotopic (exact) mass is 482 g/mol. The number of rotatable bonds is 9. The zero-order chi connectivity index (χ0) is 25.9. The van der Waals surface area contributed by atoms with E-state index in [1.807, 2.05) is 0 Å². The Morgan fingerprint density at radius 1 is 0.889 bits per heavy atom. The fraction of sp³-hybridized carbons (Fsp3) is 0.375. The van der Waals surface area contributed by atoms with E-state index in [2.05, 4.69) is 123 Å². The summed E-state index contributed by atoms with van der Waals surface area (Å²) in [6.45, 7) is 10.1. The molecule has 36 heavy (non-hydrogen) atoms. The van der Waals surface area contributed by atoms with Gasteiger partial charge in [-0.15, -0.1) is 0 Å². The number of primary amides is 1. The van der Waals surface area contributed by atoms with Crippen LogP contribution in [0, 0.1) is 0 Å². The van der Waals surface area contributed by atoms with Gasteiger partial charge in [-0.2, -0.15) is 4.58 Å². The number of nitrogens with zero attached hydrogens (tertiary/aromatic N) is 2. The van der Waals surface area contributed by atoms with Crippen LogP contribution in [-0.4, -0.2) is 29.8 Å². The first kappa shape index (κ1) is 25.7. The van der Waals surface area contributed by atoms with E-state index in [1.165, 1.54) is 33.9 Å². The van der Waals surface area contributed by atoms with Crippen molar-refractivity contribution in [2.24, 2.45) is 5.73 Å². The molecule has 2 aromatic rings. The van der Waals surface area contributed by atoms with E-state index in [1.54, 1.807) is 0 Å². The highest BCUT2D eigenvalue weighted by molar-refractivity contribution is 6.03. The van der Waals surface area contributed by atoms with Crippen molar-refractivity contribution in [2.75, 3.05) is 18.5 Å². The lowest BCUT2D eigenvalue weighted by molar-refractivity contribution is -0.401. The van der Waals surface area contributed by atoms with E-state index in [0.717, 1.165) is 25.8 Å². The molecule has 0 spiro atoms. The number of amides is 1. The molecule has 1 amide bonds. The molecule has 2 heterocycles. The topological polar surface area (TPSA) is 49.3 Å². The van der Waals surface area contributed by atoms with E-state index < -0.39 is 0 Å². The molecule has 0 fully saturated rings. The number of hydrogen-bond donors (Lipinski definition) is 1. The average Bonchev–Trinajstić information content (AvgIpc) is 3.18. The Labute approximate surface area is 216 Å². The first-order valence-corrected chi connectivity index (χ1v) is 13.1. The number of anilines is 1. The van der Waals surface area contributed by atoms with Crippen molar-refractivity contribution in [3.05, 3.63) is 95.7 Å². The van der Waals surface area contributed by atoms with Gasteiger partial charge in [0.25, 0.3) is 0 Å². The lowest BCUT2D eigenvalue weighted by Crippen LogP contribution is -2.27. The summed E-state index contributed by atoms with van der Waals surface area (Å²) in [6.07, 6.45) is 14.3. The minimum atomic E-state index is -0.212. The van der Waals surface area contributed by atoms with Crippen molar-refractivity contribution in [3.63, 3.8) is 0 Å². The zero-order valence-electron chi connectivity index (χ0n) is 22.4. The Morgan fingerprint density at radius 2 is 1.58 bits per heavy atom. The van der Waals surface area contributed by atoms with Gasteiger partial charge in [0.05, 0.1) is 5.41 Å². The molecule has 4 rings (SSSR count). The minimum Gasteiger partial charge on any atom is -0.370 e. The molecule has 4 heteroatoms. The van der Waals surface area contributed by atoms with Crippen molar-refractivity contribution >= 4 is 23.0 Å². The molecule has 0 unspecified atom stereocenters. The molecule has 0 aliphatic carbocycles. The molecule has 2 aromatic carbocycles. The van der Waals surface area contributed by atoms with E-state index >= 15 is 0 Å². The lowest BCUT2D eigenvalue weighted by atomic mass is 9.81. The minimum absolute atomic E-state index is 0.0193. The van der Waals surface area contributed by atoms with Gasteiger partial charge in [0, 0.05) is 47.5 Å². The van der Waals surface area contributed by atoms with Gasteiger partial charge in [-0.05, 0) is 44.4 Å². The first-order valence-electron chi connectivity index (χ1n) is 13.1. The standard InChI is InChI=1S/C32H39N3O/c1-31(2)24-16-11-13-18-26(24)34(5)28(31)20-8-6-9-21-29-32(3,4)25-17-12-14-19-27(25)35(29)23-15-7-10-22-30(33)36/h6,8-9,11-14,16-21H,7,10,15,22-23H2,1-5H3,(H-,33,36)/p+1. The summed E-state index contributed by atoms with van der Waals surface area (Å²) < 4.78 is 2.30. The highest BCUT2D eigenvalue weighted by Crippen LogP contribution is 2.47. The fourth-order valence-electron chi connectivity index (χ4n) is 5.79. The largest absolute Gasteiger partial charge is 0.370 e. The predicted octanol–water partition coefficient (Wildman–Crippen LogP) is 6.53. The Morgan fingerprint density at radius 3 is 2.31 bits per heavy atom. The number of carbonyl (C=O) groups is 1. The smallest absolute Gasteiger partial charge is 0.217 e. The second kappa shape index (κ2) is 10.3. The van der Waals surface area contributed by atoms with Crippen molar-refractivity contribution in [3.8, 4) is 0 Å². The Kier molecular flexibility index (Phi) is 7.35. The summed E-state index contributed by atoms with van der Waals surface area (Å²) in [5.41, 5.74) is 13.1. The number of unbranched alkanes of at least 4 members (excludes halogenated alkanes) is 2. The van der Waals surface area contributed by atoms with Crippen LogP contribution in [-0.2, 0) is 15.6 Å². The van der Waals surface area contributed by atoms with Crippen LogP contribution in [0.2, 0.25) is 0 Å². The number of para-hydroxylation sites is 2. The van der Waals surface area contributed by atoms with Crippen LogP contribution in [0.5, 0.6) is 0 Å². The molecule has 2 aliphatic heterocycles. The lowest BCUT2D eigenvalue weighted by Gasteiger charge is -2.27. The molecule has 0 saturated carbocycles. The molecular weight excluding hydrogens is 442 g/mol. The first-order chi connectivity index (χ1) is 17.2. The van der Waals surface area contributed by atoms with Gasteiger partial charge >= 0.3 is 0 Å². The molecular formula is C32H40N3O+. The highest BCUT2D eigenvalue weighted by atomic mass is 16.1. The van der Waals surface area contributed by atoms with Crippen LogP contribution in [0.25, 0.3) is 0 Å². The number of benzene rings is 2. The highest BCUT2D eigenvalue weighted by Gasteiger charge is 2.42. The van der Waals surface area contributed by atoms with E-state index in [-0.39, 0.29) is 16.7 Å². The van der Waals surface area contributed by atoms with Crippen LogP contribution in [0.3, 0.4) is 0 Å². The Bertz CT molecular complexity index is 1260. The summed E-state index contributed by atoms with van der Waals surface area (Å²) in [6, 6.07) is 17.4. The molecule has 0 radical (unpaired) electrons.